The lowest BCUT2D eigenvalue weighted by molar-refractivity contribution is -0.384. The fourth-order valence-corrected chi connectivity index (χ4v) is 4.12. The first-order valence-electron chi connectivity index (χ1n) is 10.9. The van der Waals surface area contributed by atoms with Crippen molar-refractivity contribution in [2.24, 2.45) is 0 Å². The minimum atomic E-state index is -0.403. The number of methoxy groups -OCH3 is 3. The Balaban J connectivity index is 1.71. The van der Waals surface area contributed by atoms with Gasteiger partial charge in [0, 0.05) is 42.2 Å². The van der Waals surface area contributed by atoms with Gasteiger partial charge in [-0.3, -0.25) is 10.1 Å². The van der Waals surface area contributed by atoms with Crippen LogP contribution in [0.5, 0.6) is 17.2 Å². The molecule has 0 amide bonds. The summed E-state index contributed by atoms with van der Waals surface area (Å²) in [5.74, 6) is 2.17. The number of rotatable bonds is 8. The van der Waals surface area contributed by atoms with Gasteiger partial charge in [0.1, 0.15) is 23.4 Å². The van der Waals surface area contributed by atoms with Crippen LogP contribution in [0.25, 0.3) is 6.08 Å². The van der Waals surface area contributed by atoms with E-state index in [1.807, 2.05) is 60.7 Å². The number of non-ortho nitro benzene ring substituents is 1. The predicted molar refractivity (Wildman–Crippen MR) is 133 cm³/mol. The van der Waals surface area contributed by atoms with Crippen molar-refractivity contribution in [2.75, 3.05) is 44.2 Å². The Morgan fingerprint density at radius 2 is 1.35 bits per heavy atom. The van der Waals surface area contributed by atoms with E-state index in [2.05, 4.69) is 9.80 Å². The van der Waals surface area contributed by atoms with Gasteiger partial charge in [0.05, 0.1) is 26.3 Å². The van der Waals surface area contributed by atoms with Gasteiger partial charge in [-0.25, -0.2) is 0 Å². The molecule has 0 radical (unpaired) electrons. The van der Waals surface area contributed by atoms with Crippen LogP contribution in [0, 0.1) is 10.1 Å². The Morgan fingerprint density at radius 1 is 0.824 bits per heavy atom. The summed E-state index contributed by atoms with van der Waals surface area (Å²) in [5.41, 5.74) is 2.77. The van der Waals surface area contributed by atoms with E-state index < -0.39 is 4.92 Å². The number of anilines is 2. The third-order valence-corrected chi connectivity index (χ3v) is 5.90. The van der Waals surface area contributed by atoms with Gasteiger partial charge < -0.3 is 24.0 Å². The van der Waals surface area contributed by atoms with Gasteiger partial charge in [-0.05, 0) is 60.7 Å². The highest BCUT2D eigenvalue weighted by atomic mass is 16.6. The molecule has 0 aromatic heterocycles. The second-order valence-corrected chi connectivity index (χ2v) is 7.74. The highest BCUT2D eigenvalue weighted by Crippen LogP contribution is 2.32. The van der Waals surface area contributed by atoms with Crippen LogP contribution in [0.2, 0.25) is 0 Å². The first-order chi connectivity index (χ1) is 16.5. The summed E-state index contributed by atoms with van der Waals surface area (Å²) < 4.78 is 16.1. The molecule has 1 aliphatic heterocycles. The lowest BCUT2D eigenvalue weighted by atomic mass is 10.1. The molecule has 8 heteroatoms. The van der Waals surface area contributed by atoms with E-state index in [4.69, 9.17) is 14.2 Å². The van der Waals surface area contributed by atoms with Gasteiger partial charge in [-0.2, -0.15) is 0 Å². The summed E-state index contributed by atoms with van der Waals surface area (Å²) in [6, 6.07) is 20.5. The molecule has 3 aromatic carbocycles. The van der Waals surface area contributed by atoms with Crippen LogP contribution in [0.3, 0.4) is 0 Å². The average Bonchev–Trinajstić information content (AvgIpc) is 3.31. The number of benzene rings is 3. The van der Waals surface area contributed by atoms with E-state index in [1.165, 1.54) is 12.1 Å². The van der Waals surface area contributed by atoms with Crippen LogP contribution in [-0.4, -0.2) is 45.5 Å². The monoisotopic (exact) mass is 461 g/mol. The topological polar surface area (TPSA) is 77.3 Å². The summed E-state index contributed by atoms with van der Waals surface area (Å²) in [6.45, 7) is 1.61. The molecule has 1 aliphatic rings. The van der Waals surface area contributed by atoms with Crippen LogP contribution in [0.4, 0.5) is 17.1 Å². The molecule has 0 aliphatic carbocycles. The quantitative estimate of drug-likeness (QED) is 0.346. The van der Waals surface area contributed by atoms with Gasteiger partial charge in [-0.1, -0.05) is 6.08 Å². The predicted octanol–water partition coefficient (Wildman–Crippen LogP) is 4.99. The summed E-state index contributed by atoms with van der Waals surface area (Å²) in [5, 5.41) is 11.3. The largest absolute Gasteiger partial charge is 0.497 e. The highest BCUT2D eigenvalue weighted by molar-refractivity contribution is 5.66. The molecule has 1 saturated heterocycles. The zero-order valence-corrected chi connectivity index (χ0v) is 19.4. The normalized spacial score (nSPS) is 14.0. The molecule has 1 heterocycles. The third kappa shape index (κ3) is 4.76. The summed E-state index contributed by atoms with van der Waals surface area (Å²) in [7, 11) is 4.85. The molecule has 8 nitrogen and oxygen atoms in total. The van der Waals surface area contributed by atoms with Crippen LogP contribution in [-0.2, 0) is 0 Å². The van der Waals surface area contributed by atoms with Crippen molar-refractivity contribution >= 4 is 23.1 Å². The second kappa shape index (κ2) is 10.2. The Bertz CT molecular complexity index is 1110. The van der Waals surface area contributed by atoms with E-state index in [-0.39, 0.29) is 11.9 Å². The lowest BCUT2D eigenvalue weighted by Gasteiger charge is -2.31. The molecule has 34 heavy (non-hydrogen) atoms. The third-order valence-electron chi connectivity index (χ3n) is 5.90. The number of nitrogens with zero attached hydrogens (tertiary/aromatic N) is 3. The number of nitro groups is 1. The maximum absolute atomic E-state index is 11.3. The van der Waals surface area contributed by atoms with E-state index in [9.17, 15) is 10.1 Å². The maximum Gasteiger partial charge on any atom is 0.270 e. The molecule has 4 rings (SSSR count). The molecule has 1 fully saturated rings. The molecule has 3 aromatic rings. The molecule has 0 bridgehead atoms. The zero-order chi connectivity index (χ0) is 24.1. The number of ether oxygens (including phenoxy) is 3. The van der Waals surface area contributed by atoms with E-state index >= 15 is 0 Å². The van der Waals surface area contributed by atoms with Crippen LogP contribution in [0.15, 0.2) is 72.8 Å². The average molecular weight is 462 g/mol. The molecular formula is C26H27N3O5. The van der Waals surface area contributed by atoms with Crippen molar-refractivity contribution in [3.05, 3.63) is 88.5 Å². The van der Waals surface area contributed by atoms with Crippen LogP contribution >= 0.6 is 0 Å². The Hall–Kier alpha value is -4.20. The van der Waals surface area contributed by atoms with E-state index in [0.717, 1.165) is 36.0 Å². The lowest BCUT2D eigenvalue weighted by Crippen LogP contribution is -2.37. The van der Waals surface area contributed by atoms with Gasteiger partial charge in [0.2, 0.25) is 0 Å². The van der Waals surface area contributed by atoms with Gasteiger partial charge >= 0.3 is 0 Å². The van der Waals surface area contributed by atoms with E-state index in [1.54, 1.807) is 27.4 Å². The highest BCUT2D eigenvalue weighted by Gasteiger charge is 2.30. The number of nitro benzene ring substituents is 1. The molecule has 0 N–H and O–H groups in total. The van der Waals surface area contributed by atoms with Gasteiger partial charge in [0.25, 0.3) is 5.69 Å². The minimum Gasteiger partial charge on any atom is -0.497 e. The minimum absolute atomic E-state index is 0.0193. The van der Waals surface area contributed by atoms with E-state index in [0.29, 0.717) is 11.3 Å². The first kappa shape index (κ1) is 23.0. The van der Waals surface area contributed by atoms with Crippen molar-refractivity contribution < 1.29 is 19.1 Å². The first-order valence-corrected chi connectivity index (χ1v) is 10.9. The standard InChI is InChI=1S/C26H27N3O5/c1-32-23-10-5-20(6-11-23)27-16-17-28(21-7-12-24(33-2)13-8-21)26(27)15-4-19-18-22(29(30)31)9-14-25(19)34-3/h4-15,18,26H,16-17H2,1-3H3/b15-4+. The van der Waals surface area contributed by atoms with Crippen molar-refractivity contribution in [3.8, 4) is 17.2 Å². The summed E-state index contributed by atoms with van der Waals surface area (Å²) in [4.78, 5) is 15.5. The van der Waals surface area contributed by atoms with Crippen molar-refractivity contribution in [3.63, 3.8) is 0 Å². The SMILES string of the molecule is COc1ccc(N2CCN(c3ccc(OC)cc3)C2/C=C/c2cc([N+](=O)[O-])ccc2OC)cc1. The summed E-state index contributed by atoms with van der Waals surface area (Å²) in [6.07, 6.45) is 3.81. The molecule has 176 valence electrons. The zero-order valence-electron chi connectivity index (χ0n) is 19.4. The van der Waals surface area contributed by atoms with Crippen molar-refractivity contribution in [1.82, 2.24) is 0 Å². The Morgan fingerprint density at radius 3 is 1.79 bits per heavy atom. The Kier molecular flexibility index (Phi) is 6.87. The van der Waals surface area contributed by atoms with Crippen LogP contribution < -0.4 is 24.0 Å². The molecule has 0 atom stereocenters. The Labute approximate surface area is 198 Å². The molecule has 0 saturated carbocycles. The fraction of sp³-hybridized carbons (Fsp3) is 0.231. The van der Waals surface area contributed by atoms with Gasteiger partial charge in [0.15, 0.2) is 0 Å². The fourth-order valence-electron chi connectivity index (χ4n) is 4.12. The molecule has 0 unspecified atom stereocenters. The van der Waals surface area contributed by atoms with Crippen molar-refractivity contribution in [2.45, 2.75) is 6.17 Å². The van der Waals surface area contributed by atoms with Crippen LogP contribution in [0.1, 0.15) is 5.56 Å². The smallest absolute Gasteiger partial charge is 0.270 e. The van der Waals surface area contributed by atoms with Crippen molar-refractivity contribution in [1.29, 1.82) is 0 Å². The maximum atomic E-state index is 11.3. The van der Waals surface area contributed by atoms with Gasteiger partial charge in [-0.15, -0.1) is 0 Å². The number of hydrogen-bond donors (Lipinski definition) is 0. The molecular weight excluding hydrogens is 434 g/mol. The number of hydrogen-bond acceptors (Lipinski definition) is 7. The molecule has 0 spiro atoms. The summed E-state index contributed by atoms with van der Waals surface area (Å²) >= 11 is 0. The second-order valence-electron chi connectivity index (χ2n) is 7.74.